The maximum absolute atomic E-state index is 14.8. The van der Waals surface area contributed by atoms with Gasteiger partial charge in [-0.1, -0.05) is 23.3 Å². The predicted octanol–water partition coefficient (Wildman–Crippen LogP) is 3.07. The van der Waals surface area contributed by atoms with Gasteiger partial charge in [-0.2, -0.15) is 5.10 Å². The average molecular weight is 428 g/mol. The van der Waals surface area contributed by atoms with Crippen molar-refractivity contribution >= 4 is 5.82 Å². The third kappa shape index (κ3) is 3.83. The summed E-state index contributed by atoms with van der Waals surface area (Å²) in [5, 5.41) is 12.8. The number of benzene rings is 1. The van der Waals surface area contributed by atoms with E-state index < -0.39 is 5.82 Å². The number of halogens is 1. The van der Waals surface area contributed by atoms with Gasteiger partial charge in [0.25, 0.3) is 0 Å². The van der Waals surface area contributed by atoms with Crippen LogP contribution < -0.4 is 5.73 Å². The fourth-order valence-electron chi connectivity index (χ4n) is 3.59. The molecule has 5 rings (SSSR count). The van der Waals surface area contributed by atoms with E-state index in [1.54, 1.807) is 16.9 Å². The van der Waals surface area contributed by atoms with Crippen molar-refractivity contribution in [1.82, 2.24) is 34.7 Å². The standard InChI is InChI=1S/C23H21FN8/c1-3-16-5-4-6-18(14(16)2)23-26-21(20(24)22(25)27-23)19-13-32(30-28-19)12-17-9-10-31(29-17)11-15-7-8-15/h1,4-6,9-10,13,15H,7-8,11-12H2,2H3,(H2,25,26,27). The zero-order valence-corrected chi connectivity index (χ0v) is 17.5. The van der Waals surface area contributed by atoms with Gasteiger partial charge < -0.3 is 5.73 Å². The van der Waals surface area contributed by atoms with Crippen molar-refractivity contribution < 1.29 is 4.39 Å². The van der Waals surface area contributed by atoms with E-state index in [1.807, 2.05) is 36.0 Å². The Morgan fingerprint density at radius 2 is 2.06 bits per heavy atom. The zero-order valence-electron chi connectivity index (χ0n) is 17.5. The number of nitrogens with zero attached hydrogens (tertiary/aromatic N) is 7. The smallest absolute Gasteiger partial charge is 0.193 e. The molecule has 0 aliphatic heterocycles. The molecule has 0 saturated heterocycles. The molecule has 9 heteroatoms. The number of rotatable bonds is 6. The van der Waals surface area contributed by atoms with Crippen molar-refractivity contribution in [2.75, 3.05) is 5.73 Å². The van der Waals surface area contributed by atoms with Crippen LogP contribution in [0.5, 0.6) is 0 Å². The second-order valence-electron chi connectivity index (χ2n) is 7.99. The van der Waals surface area contributed by atoms with Crippen LogP contribution in [0.4, 0.5) is 10.2 Å². The summed E-state index contributed by atoms with van der Waals surface area (Å²) in [4.78, 5) is 8.53. The minimum atomic E-state index is -0.736. The van der Waals surface area contributed by atoms with Crippen LogP contribution in [0.1, 0.15) is 29.7 Å². The van der Waals surface area contributed by atoms with E-state index >= 15 is 0 Å². The Kier molecular flexibility index (Phi) is 4.90. The summed E-state index contributed by atoms with van der Waals surface area (Å²) in [6.45, 7) is 3.23. The molecule has 0 unspecified atom stereocenters. The summed E-state index contributed by atoms with van der Waals surface area (Å²) in [5.74, 6) is 2.65. The van der Waals surface area contributed by atoms with Gasteiger partial charge in [0.05, 0.1) is 18.4 Å². The average Bonchev–Trinajstić information content (AvgIpc) is 3.29. The molecule has 160 valence electrons. The topological polar surface area (TPSA) is 100 Å². The van der Waals surface area contributed by atoms with Crippen LogP contribution in [0.25, 0.3) is 22.8 Å². The molecule has 4 aromatic rings. The number of nitrogens with two attached hydrogens (primary N) is 1. The lowest BCUT2D eigenvalue weighted by atomic mass is 10.0. The second kappa shape index (κ2) is 7.89. The van der Waals surface area contributed by atoms with E-state index in [-0.39, 0.29) is 23.0 Å². The number of nitrogen functional groups attached to an aromatic ring is 1. The van der Waals surface area contributed by atoms with Crippen molar-refractivity contribution in [3.8, 4) is 35.1 Å². The van der Waals surface area contributed by atoms with Gasteiger partial charge in [0.15, 0.2) is 17.5 Å². The van der Waals surface area contributed by atoms with E-state index in [0.29, 0.717) is 17.7 Å². The molecule has 3 aromatic heterocycles. The van der Waals surface area contributed by atoms with Crippen LogP contribution in [0.3, 0.4) is 0 Å². The lowest BCUT2D eigenvalue weighted by molar-refractivity contribution is 0.546. The molecule has 3 heterocycles. The van der Waals surface area contributed by atoms with Crippen LogP contribution in [-0.4, -0.2) is 34.7 Å². The molecule has 0 bridgehead atoms. The highest BCUT2D eigenvalue weighted by atomic mass is 19.1. The summed E-state index contributed by atoms with van der Waals surface area (Å²) in [7, 11) is 0. The molecule has 32 heavy (non-hydrogen) atoms. The quantitative estimate of drug-likeness (QED) is 0.474. The molecule has 8 nitrogen and oxygen atoms in total. The normalized spacial score (nSPS) is 13.3. The lowest BCUT2D eigenvalue weighted by Gasteiger charge is -2.09. The van der Waals surface area contributed by atoms with E-state index in [9.17, 15) is 4.39 Å². The number of anilines is 1. The molecular formula is C23H21FN8. The monoisotopic (exact) mass is 428 g/mol. The van der Waals surface area contributed by atoms with Gasteiger partial charge in [0.1, 0.15) is 11.4 Å². The minimum Gasteiger partial charge on any atom is -0.381 e. The second-order valence-corrected chi connectivity index (χ2v) is 7.99. The fraction of sp³-hybridized carbons (Fsp3) is 0.261. The molecule has 0 atom stereocenters. The van der Waals surface area contributed by atoms with E-state index in [0.717, 1.165) is 23.7 Å². The summed E-state index contributed by atoms with van der Waals surface area (Å²) >= 11 is 0. The van der Waals surface area contributed by atoms with Gasteiger partial charge in [0.2, 0.25) is 0 Å². The zero-order chi connectivity index (χ0) is 22.2. The van der Waals surface area contributed by atoms with E-state index in [1.165, 1.54) is 12.8 Å². The molecule has 1 aliphatic rings. The van der Waals surface area contributed by atoms with Gasteiger partial charge in [-0.05, 0) is 43.4 Å². The largest absolute Gasteiger partial charge is 0.381 e. The Morgan fingerprint density at radius 1 is 1.22 bits per heavy atom. The van der Waals surface area contributed by atoms with Crippen LogP contribution in [0.15, 0.2) is 36.7 Å². The minimum absolute atomic E-state index is 0.0106. The van der Waals surface area contributed by atoms with Gasteiger partial charge in [-0.25, -0.2) is 19.0 Å². The number of hydrogen-bond donors (Lipinski definition) is 1. The lowest BCUT2D eigenvalue weighted by Crippen LogP contribution is -2.05. The summed E-state index contributed by atoms with van der Waals surface area (Å²) in [6.07, 6.45) is 11.7. The molecule has 0 radical (unpaired) electrons. The van der Waals surface area contributed by atoms with Crippen LogP contribution in [-0.2, 0) is 13.1 Å². The van der Waals surface area contributed by atoms with Gasteiger partial charge in [0, 0.05) is 23.9 Å². The Balaban J connectivity index is 1.44. The maximum Gasteiger partial charge on any atom is 0.193 e. The molecule has 1 saturated carbocycles. The Hall–Kier alpha value is -4.06. The molecule has 1 aromatic carbocycles. The molecular weight excluding hydrogens is 407 g/mol. The van der Waals surface area contributed by atoms with Gasteiger partial charge >= 0.3 is 0 Å². The summed E-state index contributed by atoms with van der Waals surface area (Å²) in [6, 6.07) is 7.40. The summed E-state index contributed by atoms with van der Waals surface area (Å²) in [5.41, 5.74) is 9.18. The van der Waals surface area contributed by atoms with Crippen LogP contribution >= 0.6 is 0 Å². The maximum atomic E-state index is 14.8. The van der Waals surface area contributed by atoms with Crippen molar-refractivity contribution in [1.29, 1.82) is 0 Å². The molecule has 1 fully saturated rings. The highest BCUT2D eigenvalue weighted by molar-refractivity contribution is 5.69. The van der Waals surface area contributed by atoms with E-state index in [2.05, 4.69) is 31.3 Å². The van der Waals surface area contributed by atoms with Crippen LogP contribution in [0, 0.1) is 31.0 Å². The highest BCUT2D eigenvalue weighted by Crippen LogP contribution is 2.30. The third-order valence-electron chi connectivity index (χ3n) is 5.55. The van der Waals surface area contributed by atoms with Crippen molar-refractivity contribution in [2.24, 2.45) is 5.92 Å². The number of terminal acetylenes is 1. The first-order valence-corrected chi connectivity index (χ1v) is 10.3. The molecule has 0 spiro atoms. The fourth-order valence-corrected chi connectivity index (χ4v) is 3.59. The van der Waals surface area contributed by atoms with Crippen molar-refractivity contribution in [3.05, 3.63) is 59.3 Å². The first-order chi connectivity index (χ1) is 15.5. The van der Waals surface area contributed by atoms with Crippen LogP contribution in [0.2, 0.25) is 0 Å². The predicted molar refractivity (Wildman–Crippen MR) is 118 cm³/mol. The highest BCUT2D eigenvalue weighted by Gasteiger charge is 2.22. The van der Waals surface area contributed by atoms with Gasteiger partial charge in [-0.3, -0.25) is 4.68 Å². The Morgan fingerprint density at radius 3 is 2.84 bits per heavy atom. The number of aromatic nitrogens is 7. The molecule has 0 amide bonds. The first kappa shape index (κ1) is 19.9. The molecule has 2 N–H and O–H groups in total. The SMILES string of the molecule is C#Cc1cccc(-c2nc(N)c(F)c(-c3cn(Cc4ccn(CC5CC5)n4)nn3)n2)c1C. The Labute approximate surface area is 184 Å². The van der Waals surface area contributed by atoms with Crippen molar-refractivity contribution in [3.63, 3.8) is 0 Å². The van der Waals surface area contributed by atoms with Gasteiger partial charge in [-0.15, -0.1) is 11.5 Å². The first-order valence-electron chi connectivity index (χ1n) is 10.3. The third-order valence-corrected chi connectivity index (χ3v) is 5.55. The molecule has 1 aliphatic carbocycles. The Bertz CT molecular complexity index is 1340. The van der Waals surface area contributed by atoms with E-state index in [4.69, 9.17) is 12.2 Å². The summed E-state index contributed by atoms with van der Waals surface area (Å²) < 4.78 is 18.4. The number of hydrogen-bond acceptors (Lipinski definition) is 6. The van der Waals surface area contributed by atoms with Crippen molar-refractivity contribution in [2.45, 2.75) is 32.9 Å².